The minimum atomic E-state index is -0.102. The minimum Gasteiger partial charge on any atom is -0.394 e. The number of carbonyl (C=O) groups excluding carboxylic acids is 1. The van der Waals surface area contributed by atoms with Crippen molar-refractivity contribution >= 4 is 5.91 Å². The second-order valence-corrected chi connectivity index (χ2v) is 5.00. The molecule has 0 bridgehead atoms. The summed E-state index contributed by atoms with van der Waals surface area (Å²) in [6.07, 6.45) is 3.48. The predicted octanol–water partition coefficient (Wildman–Crippen LogP) is 1.68. The molecule has 2 N–H and O–H groups in total. The zero-order valence-corrected chi connectivity index (χ0v) is 10.9. The largest absolute Gasteiger partial charge is 0.394 e. The van der Waals surface area contributed by atoms with E-state index in [0.29, 0.717) is 0 Å². The molecular formula is C15H21NO2. The van der Waals surface area contributed by atoms with Gasteiger partial charge in [-0.05, 0) is 36.8 Å². The number of fused-ring (bicyclic) bond motifs is 1. The maximum Gasteiger partial charge on any atom is 0.223 e. The minimum absolute atomic E-state index is 0.0194. The molecule has 1 aliphatic carbocycles. The highest BCUT2D eigenvalue weighted by Gasteiger charge is 2.25. The van der Waals surface area contributed by atoms with E-state index in [2.05, 4.69) is 23.5 Å². The van der Waals surface area contributed by atoms with Crippen molar-refractivity contribution in [2.45, 2.75) is 38.6 Å². The molecule has 0 saturated heterocycles. The molecule has 3 heteroatoms. The van der Waals surface area contributed by atoms with Crippen molar-refractivity contribution in [2.75, 3.05) is 6.61 Å². The Kier molecular flexibility index (Phi) is 4.37. The third-order valence-corrected chi connectivity index (χ3v) is 3.78. The summed E-state index contributed by atoms with van der Waals surface area (Å²) in [5.74, 6) is 0.144. The normalized spacial score (nSPS) is 20.0. The Morgan fingerprint density at radius 3 is 2.83 bits per heavy atom. The topological polar surface area (TPSA) is 49.3 Å². The summed E-state index contributed by atoms with van der Waals surface area (Å²) >= 11 is 0. The number of hydrogen-bond donors (Lipinski definition) is 2. The van der Waals surface area contributed by atoms with Crippen LogP contribution >= 0.6 is 0 Å². The second kappa shape index (κ2) is 6.01. The van der Waals surface area contributed by atoms with Crippen LogP contribution in [0.2, 0.25) is 0 Å². The molecule has 1 amide bonds. The van der Waals surface area contributed by atoms with Gasteiger partial charge in [-0.1, -0.05) is 31.2 Å². The first-order valence-corrected chi connectivity index (χ1v) is 6.72. The van der Waals surface area contributed by atoms with Gasteiger partial charge in [0.15, 0.2) is 0 Å². The number of aliphatic hydroxyl groups is 1. The standard InChI is InChI=1S/C15H21NO2/c1-2-14(10-17)16-15(18)13-8-7-11-5-3-4-6-12(11)9-13/h3-6,13-14,17H,2,7-10H2,1H3,(H,16,18). The first-order valence-electron chi connectivity index (χ1n) is 6.72. The van der Waals surface area contributed by atoms with Gasteiger partial charge in [0.05, 0.1) is 12.6 Å². The monoisotopic (exact) mass is 247 g/mol. The molecule has 2 atom stereocenters. The van der Waals surface area contributed by atoms with Crippen molar-refractivity contribution in [3.8, 4) is 0 Å². The van der Waals surface area contributed by atoms with Crippen LogP contribution in [-0.2, 0) is 17.6 Å². The highest BCUT2D eigenvalue weighted by molar-refractivity contribution is 5.79. The molecule has 0 fully saturated rings. The number of aryl methyl sites for hydroxylation is 1. The molecule has 0 radical (unpaired) electrons. The highest BCUT2D eigenvalue weighted by Crippen LogP contribution is 2.25. The van der Waals surface area contributed by atoms with E-state index in [-0.39, 0.29) is 24.5 Å². The fourth-order valence-corrected chi connectivity index (χ4v) is 2.52. The first-order chi connectivity index (χ1) is 8.74. The molecule has 2 rings (SSSR count). The van der Waals surface area contributed by atoms with Gasteiger partial charge in [-0.2, -0.15) is 0 Å². The van der Waals surface area contributed by atoms with Gasteiger partial charge in [-0.15, -0.1) is 0 Å². The molecule has 98 valence electrons. The van der Waals surface area contributed by atoms with Crippen LogP contribution in [0.25, 0.3) is 0 Å². The van der Waals surface area contributed by atoms with E-state index in [1.165, 1.54) is 11.1 Å². The van der Waals surface area contributed by atoms with E-state index < -0.39 is 0 Å². The van der Waals surface area contributed by atoms with Crippen molar-refractivity contribution in [1.82, 2.24) is 5.32 Å². The lowest BCUT2D eigenvalue weighted by molar-refractivity contribution is -0.126. The summed E-state index contributed by atoms with van der Waals surface area (Å²) in [5, 5.41) is 12.0. The molecule has 1 aromatic carbocycles. The van der Waals surface area contributed by atoms with Crippen molar-refractivity contribution in [1.29, 1.82) is 0 Å². The van der Waals surface area contributed by atoms with Gasteiger partial charge in [0.2, 0.25) is 5.91 Å². The molecule has 1 aromatic rings. The molecule has 0 saturated carbocycles. The van der Waals surface area contributed by atoms with E-state index in [1.807, 2.05) is 13.0 Å². The van der Waals surface area contributed by atoms with Crippen molar-refractivity contribution in [2.24, 2.45) is 5.92 Å². The highest BCUT2D eigenvalue weighted by atomic mass is 16.3. The molecule has 3 nitrogen and oxygen atoms in total. The van der Waals surface area contributed by atoms with Crippen LogP contribution in [0.15, 0.2) is 24.3 Å². The SMILES string of the molecule is CCC(CO)NC(=O)C1CCc2ccccc2C1. The van der Waals surface area contributed by atoms with E-state index in [0.717, 1.165) is 25.7 Å². The number of rotatable bonds is 4. The van der Waals surface area contributed by atoms with Gasteiger partial charge in [-0.3, -0.25) is 4.79 Å². The smallest absolute Gasteiger partial charge is 0.223 e. The molecule has 0 aromatic heterocycles. The third-order valence-electron chi connectivity index (χ3n) is 3.78. The maximum absolute atomic E-state index is 12.1. The average Bonchev–Trinajstić information content (AvgIpc) is 2.44. The van der Waals surface area contributed by atoms with Gasteiger partial charge in [0.25, 0.3) is 0 Å². The molecule has 0 spiro atoms. The number of hydrogen-bond acceptors (Lipinski definition) is 2. The number of aliphatic hydroxyl groups excluding tert-OH is 1. The Morgan fingerprint density at radius 1 is 1.44 bits per heavy atom. The fourth-order valence-electron chi connectivity index (χ4n) is 2.52. The van der Waals surface area contributed by atoms with Gasteiger partial charge < -0.3 is 10.4 Å². The third kappa shape index (κ3) is 2.91. The van der Waals surface area contributed by atoms with Gasteiger partial charge in [-0.25, -0.2) is 0 Å². The summed E-state index contributed by atoms with van der Waals surface area (Å²) in [5.41, 5.74) is 2.66. The fraction of sp³-hybridized carbons (Fsp3) is 0.533. The zero-order chi connectivity index (χ0) is 13.0. The maximum atomic E-state index is 12.1. The second-order valence-electron chi connectivity index (χ2n) is 5.00. The van der Waals surface area contributed by atoms with Gasteiger partial charge >= 0.3 is 0 Å². The van der Waals surface area contributed by atoms with Crippen molar-refractivity contribution in [3.05, 3.63) is 35.4 Å². The Labute approximate surface area is 108 Å². The lowest BCUT2D eigenvalue weighted by Crippen LogP contribution is -2.42. The summed E-state index contributed by atoms with van der Waals surface area (Å²) in [4.78, 5) is 12.1. The lowest BCUT2D eigenvalue weighted by atomic mass is 9.83. The van der Waals surface area contributed by atoms with Crippen LogP contribution in [0.3, 0.4) is 0 Å². The van der Waals surface area contributed by atoms with Crippen LogP contribution in [0.4, 0.5) is 0 Å². The van der Waals surface area contributed by atoms with Crippen LogP contribution in [0, 0.1) is 5.92 Å². The lowest BCUT2D eigenvalue weighted by Gasteiger charge is -2.25. The Morgan fingerprint density at radius 2 is 2.17 bits per heavy atom. The molecule has 2 unspecified atom stereocenters. The van der Waals surface area contributed by atoms with Crippen LogP contribution in [0.1, 0.15) is 30.9 Å². The first kappa shape index (κ1) is 13.1. The van der Waals surface area contributed by atoms with Gasteiger partial charge in [0, 0.05) is 5.92 Å². The van der Waals surface area contributed by atoms with E-state index in [4.69, 9.17) is 5.11 Å². The van der Waals surface area contributed by atoms with E-state index in [9.17, 15) is 4.79 Å². The van der Waals surface area contributed by atoms with E-state index in [1.54, 1.807) is 0 Å². The molecule has 18 heavy (non-hydrogen) atoms. The summed E-state index contributed by atoms with van der Waals surface area (Å²) < 4.78 is 0. The molecule has 0 aliphatic heterocycles. The summed E-state index contributed by atoms with van der Waals surface area (Å²) in [6.45, 7) is 1.99. The average molecular weight is 247 g/mol. The summed E-state index contributed by atoms with van der Waals surface area (Å²) in [6, 6.07) is 8.24. The predicted molar refractivity (Wildman–Crippen MR) is 71.3 cm³/mol. The molecule has 1 aliphatic rings. The van der Waals surface area contributed by atoms with Gasteiger partial charge in [0.1, 0.15) is 0 Å². The van der Waals surface area contributed by atoms with Crippen LogP contribution < -0.4 is 5.32 Å². The van der Waals surface area contributed by atoms with E-state index >= 15 is 0 Å². The Hall–Kier alpha value is -1.35. The Bertz CT molecular complexity index is 413. The molecule has 0 heterocycles. The number of benzene rings is 1. The zero-order valence-electron chi connectivity index (χ0n) is 10.9. The van der Waals surface area contributed by atoms with Crippen LogP contribution in [0.5, 0.6) is 0 Å². The van der Waals surface area contributed by atoms with Crippen LogP contribution in [-0.4, -0.2) is 23.7 Å². The van der Waals surface area contributed by atoms with Crippen molar-refractivity contribution < 1.29 is 9.90 Å². The Balaban J connectivity index is 1.98. The van der Waals surface area contributed by atoms with Crippen molar-refractivity contribution in [3.63, 3.8) is 0 Å². The summed E-state index contributed by atoms with van der Waals surface area (Å²) in [7, 11) is 0. The number of nitrogens with one attached hydrogen (secondary N) is 1. The number of amides is 1. The molecular weight excluding hydrogens is 226 g/mol. The quantitative estimate of drug-likeness (QED) is 0.850. The number of carbonyl (C=O) groups is 1.